The Labute approximate surface area is 193 Å². The second kappa shape index (κ2) is 7.65. The number of piperidine rings is 1. The first-order valence-corrected chi connectivity index (χ1v) is 11.2. The van der Waals surface area contributed by atoms with Crippen molar-refractivity contribution in [2.24, 2.45) is 7.05 Å². The minimum atomic E-state index is -1.50. The van der Waals surface area contributed by atoms with Gasteiger partial charge in [0.15, 0.2) is 23.1 Å². The Bertz CT molecular complexity index is 1440. The summed E-state index contributed by atoms with van der Waals surface area (Å²) >= 11 is 0. The smallest absolute Gasteiger partial charge is 0.275 e. The highest BCUT2D eigenvalue weighted by Crippen LogP contribution is 2.45. The van der Waals surface area contributed by atoms with Crippen molar-refractivity contribution in [1.29, 1.82) is 0 Å². The molecule has 9 heteroatoms. The number of benzene rings is 2. The van der Waals surface area contributed by atoms with Crippen LogP contribution < -0.4 is 0 Å². The first-order chi connectivity index (χ1) is 16.4. The number of carbonyl (C=O) groups is 1. The van der Waals surface area contributed by atoms with E-state index in [9.17, 15) is 18.0 Å². The van der Waals surface area contributed by atoms with Crippen LogP contribution in [0.25, 0.3) is 22.2 Å². The van der Waals surface area contributed by atoms with Gasteiger partial charge in [-0.15, -0.1) is 10.2 Å². The summed E-state index contributed by atoms with van der Waals surface area (Å²) in [4.78, 5) is 15.4. The van der Waals surface area contributed by atoms with Crippen LogP contribution in [-0.4, -0.2) is 36.8 Å². The molecule has 2 aliphatic rings. The zero-order valence-electron chi connectivity index (χ0n) is 18.3. The van der Waals surface area contributed by atoms with Gasteiger partial charge in [-0.25, -0.2) is 13.2 Å². The number of amides is 1. The van der Waals surface area contributed by atoms with Gasteiger partial charge in [-0.2, -0.15) is 5.10 Å². The third-order valence-electron chi connectivity index (χ3n) is 6.88. The van der Waals surface area contributed by atoms with Gasteiger partial charge in [-0.3, -0.25) is 9.48 Å². The lowest BCUT2D eigenvalue weighted by Crippen LogP contribution is -2.50. The number of aromatic nitrogens is 4. The molecule has 0 spiro atoms. The molecule has 2 aromatic carbocycles. The number of rotatable bonds is 2. The average Bonchev–Trinajstić information content (AvgIpc) is 3.16. The van der Waals surface area contributed by atoms with E-state index in [-0.39, 0.29) is 29.2 Å². The van der Waals surface area contributed by atoms with E-state index in [2.05, 4.69) is 15.3 Å². The van der Waals surface area contributed by atoms with Gasteiger partial charge in [0, 0.05) is 29.6 Å². The summed E-state index contributed by atoms with van der Waals surface area (Å²) in [5.41, 5.74) is 3.32. The monoisotopic (exact) mass is 463 g/mol. The average molecular weight is 463 g/mol. The molecule has 1 saturated heterocycles. The maximum atomic E-state index is 14.0. The molecule has 34 heavy (non-hydrogen) atoms. The van der Waals surface area contributed by atoms with Crippen LogP contribution in [0.1, 0.15) is 47.1 Å². The highest BCUT2D eigenvalue weighted by molar-refractivity contribution is 5.96. The van der Waals surface area contributed by atoms with Crippen molar-refractivity contribution in [3.05, 3.63) is 76.9 Å². The van der Waals surface area contributed by atoms with Crippen LogP contribution in [0.2, 0.25) is 0 Å². The quantitative estimate of drug-likeness (QED) is 0.403. The molecular formula is C25H20F3N5O. The van der Waals surface area contributed by atoms with E-state index in [0.29, 0.717) is 23.3 Å². The van der Waals surface area contributed by atoms with Gasteiger partial charge >= 0.3 is 0 Å². The third-order valence-corrected chi connectivity index (χ3v) is 6.88. The summed E-state index contributed by atoms with van der Waals surface area (Å²) in [6.45, 7) is 0. The van der Waals surface area contributed by atoms with Crippen LogP contribution in [0.5, 0.6) is 0 Å². The van der Waals surface area contributed by atoms with Crippen LogP contribution in [0.4, 0.5) is 13.2 Å². The Hall–Kier alpha value is -3.75. The van der Waals surface area contributed by atoms with Crippen molar-refractivity contribution in [1.82, 2.24) is 24.9 Å². The first-order valence-electron chi connectivity index (χ1n) is 11.2. The zero-order valence-corrected chi connectivity index (χ0v) is 18.3. The Morgan fingerprint density at radius 2 is 1.79 bits per heavy atom. The molecule has 6 nitrogen and oxygen atoms in total. The molecule has 2 aliphatic heterocycles. The highest BCUT2D eigenvalue weighted by atomic mass is 19.2. The fourth-order valence-corrected chi connectivity index (χ4v) is 5.42. The van der Waals surface area contributed by atoms with E-state index < -0.39 is 17.5 Å². The lowest BCUT2D eigenvalue weighted by atomic mass is 9.81. The summed E-state index contributed by atoms with van der Waals surface area (Å²) in [5, 5.41) is 13.9. The van der Waals surface area contributed by atoms with Gasteiger partial charge in [0.1, 0.15) is 0 Å². The largest absolute Gasteiger partial charge is 0.325 e. The Morgan fingerprint density at radius 1 is 1.03 bits per heavy atom. The molecule has 0 N–H and O–H groups in total. The van der Waals surface area contributed by atoms with Gasteiger partial charge in [-0.1, -0.05) is 18.2 Å². The van der Waals surface area contributed by atoms with Crippen LogP contribution in [0.15, 0.2) is 42.5 Å². The lowest BCUT2D eigenvalue weighted by molar-refractivity contribution is 0.0385. The van der Waals surface area contributed by atoms with E-state index in [1.807, 2.05) is 29.2 Å². The van der Waals surface area contributed by atoms with Crippen molar-refractivity contribution >= 4 is 16.8 Å². The van der Waals surface area contributed by atoms with Crippen molar-refractivity contribution in [3.63, 3.8) is 0 Å². The normalized spacial score (nSPS) is 19.4. The Kier molecular flexibility index (Phi) is 4.68. The van der Waals surface area contributed by atoms with Crippen molar-refractivity contribution in [2.75, 3.05) is 0 Å². The van der Waals surface area contributed by atoms with Gasteiger partial charge in [0.05, 0.1) is 22.9 Å². The maximum Gasteiger partial charge on any atom is 0.275 e. The second-order valence-electron chi connectivity index (χ2n) is 8.90. The van der Waals surface area contributed by atoms with E-state index in [4.69, 9.17) is 0 Å². The number of halogens is 3. The molecule has 0 aliphatic carbocycles. The number of hydrogen-bond acceptors (Lipinski definition) is 4. The molecule has 6 rings (SSSR count). The minimum Gasteiger partial charge on any atom is -0.325 e. The van der Waals surface area contributed by atoms with E-state index in [0.717, 1.165) is 42.3 Å². The van der Waals surface area contributed by atoms with E-state index in [1.54, 1.807) is 17.8 Å². The van der Waals surface area contributed by atoms with E-state index >= 15 is 0 Å². The molecule has 2 aromatic heterocycles. The van der Waals surface area contributed by atoms with Crippen LogP contribution >= 0.6 is 0 Å². The van der Waals surface area contributed by atoms with Crippen molar-refractivity contribution in [3.8, 4) is 11.3 Å². The van der Waals surface area contributed by atoms with Gasteiger partial charge < -0.3 is 4.90 Å². The zero-order chi connectivity index (χ0) is 23.6. The molecule has 4 aromatic rings. The van der Waals surface area contributed by atoms with Crippen molar-refractivity contribution in [2.45, 2.75) is 37.8 Å². The standard InChI is InChI=1S/C25H20F3N5O/c1-32-24(14-9-17(26)22(28)18(27)10-14)16-12-15-6-4-8-21(23(16)31-32)33(15)25(34)20-11-13-5-2-3-7-19(13)29-30-20/h2-3,5,7,9-11,15,21H,4,6,8,12H2,1H3. The van der Waals surface area contributed by atoms with Crippen LogP contribution in [0, 0.1) is 17.5 Å². The fraction of sp³-hybridized carbons (Fsp3) is 0.280. The number of nitrogens with zero attached hydrogens (tertiary/aromatic N) is 5. The van der Waals surface area contributed by atoms with Gasteiger partial charge in [-0.05, 0) is 49.9 Å². The summed E-state index contributed by atoms with van der Waals surface area (Å²) in [6, 6.07) is 10.8. The molecule has 2 unspecified atom stereocenters. The summed E-state index contributed by atoms with van der Waals surface area (Å²) in [5.74, 6) is -4.19. The highest BCUT2D eigenvalue weighted by Gasteiger charge is 2.44. The number of carbonyl (C=O) groups excluding carboxylic acids is 1. The number of fused-ring (bicyclic) bond motifs is 5. The summed E-state index contributed by atoms with van der Waals surface area (Å²) in [6.07, 6.45) is 2.94. The number of aryl methyl sites for hydroxylation is 1. The predicted octanol–water partition coefficient (Wildman–Crippen LogP) is 4.74. The molecule has 172 valence electrons. The second-order valence-corrected chi connectivity index (χ2v) is 8.90. The molecule has 0 saturated carbocycles. The molecule has 1 fully saturated rings. The third kappa shape index (κ3) is 3.10. The lowest BCUT2D eigenvalue weighted by Gasteiger charge is -2.45. The SMILES string of the molecule is Cn1nc2c(c1-c1cc(F)c(F)c(F)c1)CC1CCCC2N1C(=O)c1cc2ccccc2nn1. The summed E-state index contributed by atoms with van der Waals surface area (Å²) < 4.78 is 43.1. The fourth-order valence-electron chi connectivity index (χ4n) is 5.42. The summed E-state index contributed by atoms with van der Waals surface area (Å²) in [7, 11) is 1.69. The Balaban J connectivity index is 1.42. The molecule has 2 atom stereocenters. The van der Waals surface area contributed by atoms with E-state index in [1.165, 1.54) is 0 Å². The predicted molar refractivity (Wildman–Crippen MR) is 118 cm³/mol. The molecule has 1 amide bonds. The van der Waals surface area contributed by atoms with Crippen molar-refractivity contribution < 1.29 is 18.0 Å². The van der Waals surface area contributed by atoms with Crippen LogP contribution in [-0.2, 0) is 13.5 Å². The van der Waals surface area contributed by atoms with Gasteiger partial charge in [0.2, 0.25) is 0 Å². The molecular weight excluding hydrogens is 443 g/mol. The topological polar surface area (TPSA) is 63.9 Å². The number of hydrogen-bond donors (Lipinski definition) is 0. The molecule has 2 bridgehead atoms. The van der Waals surface area contributed by atoms with Gasteiger partial charge in [0.25, 0.3) is 5.91 Å². The minimum absolute atomic E-state index is 0.106. The molecule has 0 radical (unpaired) electrons. The van der Waals surface area contributed by atoms with Crippen LogP contribution in [0.3, 0.4) is 0 Å². The molecule has 4 heterocycles. The first kappa shape index (κ1) is 20.8. The Morgan fingerprint density at radius 3 is 2.59 bits per heavy atom. The maximum absolute atomic E-state index is 14.0.